The molecule has 0 saturated carbocycles. The maximum absolute atomic E-state index is 11.6. The normalized spacial score (nSPS) is 11.3. The van der Waals surface area contributed by atoms with Crippen LogP contribution in [0.25, 0.3) is 15.2 Å². The number of nitrogens with zero attached hydrogens (tertiary/aromatic N) is 2. The van der Waals surface area contributed by atoms with E-state index in [-0.39, 0.29) is 5.69 Å². The van der Waals surface area contributed by atoms with E-state index in [2.05, 4.69) is 4.98 Å². The molecule has 0 amide bonds. The van der Waals surface area contributed by atoms with Gasteiger partial charge in [0.2, 0.25) is 0 Å². The van der Waals surface area contributed by atoms with Crippen LogP contribution in [0, 0.1) is 0 Å². The highest BCUT2D eigenvalue weighted by molar-refractivity contribution is 7.24. The Labute approximate surface area is 122 Å². The second-order valence-electron chi connectivity index (χ2n) is 3.84. The quantitative estimate of drug-likeness (QED) is 0.671. The number of carbonyl (C=O) groups excluding carboxylic acids is 1. The molecule has 3 rings (SSSR count). The number of esters is 1. The first-order chi connectivity index (χ1) is 9.10. The minimum Gasteiger partial charge on any atom is -0.461 e. The third kappa shape index (κ3) is 2.08. The van der Waals surface area contributed by atoms with Gasteiger partial charge < -0.3 is 4.74 Å². The van der Waals surface area contributed by atoms with Crippen LogP contribution in [-0.4, -0.2) is 22.0 Å². The fourth-order valence-corrected chi connectivity index (χ4v) is 3.42. The highest BCUT2D eigenvalue weighted by Gasteiger charge is 2.16. The van der Waals surface area contributed by atoms with E-state index in [1.807, 2.05) is 0 Å². The third-order valence-corrected chi connectivity index (χ3v) is 4.33. The molecule has 7 heteroatoms. The SMILES string of the molecule is CCOC(=O)c1cn2c(n1)sc1c(Cl)cc(Cl)cc12. The highest BCUT2D eigenvalue weighted by atomic mass is 35.5. The predicted molar refractivity (Wildman–Crippen MR) is 76.6 cm³/mol. The first-order valence-corrected chi connectivity index (χ1v) is 7.11. The van der Waals surface area contributed by atoms with Crippen molar-refractivity contribution < 1.29 is 9.53 Å². The van der Waals surface area contributed by atoms with Gasteiger partial charge in [-0.05, 0) is 19.1 Å². The number of hydrogen-bond acceptors (Lipinski definition) is 4. The van der Waals surface area contributed by atoms with Crippen molar-refractivity contribution in [2.75, 3.05) is 6.61 Å². The molecule has 0 saturated heterocycles. The summed E-state index contributed by atoms with van der Waals surface area (Å²) in [7, 11) is 0. The number of hydrogen-bond donors (Lipinski definition) is 0. The van der Waals surface area contributed by atoms with Crippen LogP contribution in [0.3, 0.4) is 0 Å². The summed E-state index contributed by atoms with van der Waals surface area (Å²) in [5.74, 6) is -0.431. The molecule has 4 nitrogen and oxygen atoms in total. The van der Waals surface area contributed by atoms with Crippen LogP contribution in [0.1, 0.15) is 17.4 Å². The van der Waals surface area contributed by atoms with Gasteiger partial charge in [-0.3, -0.25) is 4.40 Å². The summed E-state index contributed by atoms with van der Waals surface area (Å²) >= 11 is 13.5. The molecule has 0 aliphatic heterocycles. The number of imidazole rings is 1. The summed E-state index contributed by atoms with van der Waals surface area (Å²) in [4.78, 5) is 16.6. The maximum atomic E-state index is 11.6. The fourth-order valence-electron chi connectivity index (χ4n) is 1.83. The van der Waals surface area contributed by atoms with Crippen LogP contribution in [0.4, 0.5) is 0 Å². The molecule has 0 fully saturated rings. The van der Waals surface area contributed by atoms with Crippen LogP contribution in [0.15, 0.2) is 18.3 Å². The van der Waals surface area contributed by atoms with Crippen LogP contribution in [0.5, 0.6) is 0 Å². The maximum Gasteiger partial charge on any atom is 0.358 e. The number of benzene rings is 1. The zero-order valence-electron chi connectivity index (χ0n) is 9.81. The molecule has 0 unspecified atom stereocenters. The number of fused-ring (bicyclic) bond motifs is 3. The molecule has 0 bridgehead atoms. The zero-order valence-corrected chi connectivity index (χ0v) is 12.1. The Kier molecular flexibility index (Phi) is 3.12. The van der Waals surface area contributed by atoms with Gasteiger partial charge in [0.25, 0.3) is 0 Å². The number of ether oxygens (including phenoxy) is 1. The lowest BCUT2D eigenvalue weighted by molar-refractivity contribution is 0.0520. The summed E-state index contributed by atoms with van der Waals surface area (Å²) in [6, 6.07) is 3.48. The van der Waals surface area contributed by atoms with Crippen molar-refractivity contribution in [1.82, 2.24) is 9.38 Å². The minimum absolute atomic E-state index is 0.283. The van der Waals surface area contributed by atoms with Crippen LogP contribution < -0.4 is 0 Å². The van der Waals surface area contributed by atoms with E-state index in [4.69, 9.17) is 27.9 Å². The Morgan fingerprint density at radius 2 is 2.26 bits per heavy atom. The van der Waals surface area contributed by atoms with Gasteiger partial charge in [0.05, 0.1) is 21.8 Å². The smallest absolute Gasteiger partial charge is 0.358 e. The summed E-state index contributed by atoms with van der Waals surface area (Å²) in [6.07, 6.45) is 1.64. The van der Waals surface area contributed by atoms with Crippen molar-refractivity contribution >= 4 is 55.7 Å². The van der Waals surface area contributed by atoms with Crippen molar-refractivity contribution in [1.29, 1.82) is 0 Å². The van der Waals surface area contributed by atoms with E-state index in [1.165, 1.54) is 11.3 Å². The van der Waals surface area contributed by atoms with E-state index < -0.39 is 5.97 Å². The Balaban J connectivity index is 2.22. The monoisotopic (exact) mass is 314 g/mol. The van der Waals surface area contributed by atoms with Crippen molar-refractivity contribution in [3.05, 3.63) is 34.1 Å². The molecule has 0 spiro atoms. The van der Waals surface area contributed by atoms with E-state index in [1.54, 1.807) is 29.7 Å². The van der Waals surface area contributed by atoms with Gasteiger partial charge in [0, 0.05) is 11.2 Å². The lowest BCUT2D eigenvalue weighted by atomic mass is 10.3. The molecule has 0 N–H and O–H groups in total. The van der Waals surface area contributed by atoms with E-state index in [9.17, 15) is 4.79 Å². The second kappa shape index (κ2) is 4.67. The van der Waals surface area contributed by atoms with E-state index >= 15 is 0 Å². The number of halogens is 2. The van der Waals surface area contributed by atoms with Crippen LogP contribution in [-0.2, 0) is 4.74 Å². The van der Waals surface area contributed by atoms with Crippen LogP contribution in [0.2, 0.25) is 10.0 Å². The summed E-state index contributed by atoms with van der Waals surface area (Å²) in [5.41, 5.74) is 1.12. The molecule has 3 aromatic rings. The fraction of sp³-hybridized carbons (Fsp3) is 0.167. The second-order valence-corrected chi connectivity index (χ2v) is 5.66. The average Bonchev–Trinajstić information content (AvgIpc) is 2.88. The van der Waals surface area contributed by atoms with Gasteiger partial charge in [-0.2, -0.15) is 0 Å². The zero-order chi connectivity index (χ0) is 13.6. The number of rotatable bonds is 2. The summed E-state index contributed by atoms with van der Waals surface area (Å²) < 4.78 is 7.61. The van der Waals surface area contributed by atoms with Gasteiger partial charge in [-0.1, -0.05) is 34.5 Å². The molecule has 1 aromatic carbocycles. The molecule has 2 heterocycles. The molecule has 19 heavy (non-hydrogen) atoms. The van der Waals surface area contributed by atoms with Crippen molar-refractivity contribution in [2.24, 2.45) is 0 Å². The standard InChI is InChI=1S/C12H8Cl2N2O2S/c1-2-18-11(17)8-5-16-9-4-6(13)3-7(14)10(9)19-12(16)15-8/h3-5H,2H2,1H3. The Hall–Kier alpha value is -1.30. The average molecular weight is 315 g/mol. The molecule has 0 aliphatic rings. The topological polar surface area (TPSA) is 43.6 Å². The van der Waals surface area contributed by atoms with Crippen LogP contribution >= 0.6 is 34.5 Å². The van der Waals surface area contributed by atoms with Gasteiger partial charge in [-0.25, -0.2) is 9.78 Å². The number of aromatic nitrogens is 2. The van der Waals surface area contributed by atoms with Gasteiger partial charge >= 0.3 is 5.97 Å². The van der Waals surface area contributed by atoms with Crippen molar-refractivity contribution in [3.8, 4) is 0 Å². The number of thiazole rings is 1. The molecular formula is C12H8Cl2N2O2S. The third-order valence-electron chi connectivity index (χ3n) is 2.60. The first-order valence-electron chi connectivity index (χ1n) is 5.54. The molecule has 0 atom stereocenters. The van der Waals surface area contributed by atoms with Gasteiger partial charge in [0.15, 0.2) is 10.7 Å². The van der Waals surface area contributed by atoms with Crippen molar-refractivity contribution in [3.63, 3.8) is 0 Å². The van der Waals surface area contributed by atoms with E-state index in [0.29, 0.717) is 21.6 Å². The highest BCUT2D eigenvalue weighted by Crippen LogP contribution is 2.34. The predicted octanol–water partition coefficient (Wildman–Crippen LogP) is 4.03. The summed E-state index contributed by atoms with van der Waals surface area (Å²) in [5, 5.41) is 1.12. The van der Waals surface area contributed by atoms with Gasteiger partial charge in [0.1, 0.15) is 0 Å². The van der Waals surface area contributed by atoms with Gasteiger partial charge in [-0.15, -0.1) is 0 Å². The molecule has 0 aliphatic carbocycles. The molecule has 2 aromatic heterocycles. The lowest BCUT2D eigenvalue weighted by Gasteiger charge is -1.97. The first kappa shape index (κ1) is 12.7. The molecule has 0 radical (unpaired) electrons. The lowest BCUT2D eigenvalue weighted by Crippen LogP contribution is -2.04. The number of carbonyl (C=O) groups is 1. The molecular weight excluding hydrogens is 307 g/mol. The minimum atomic E-state index is -0.431. The Morgan fingerprint density at radius 1 is 1.47 bits per heavy atom. The molecule has 98 valence electrons. The Bertz CT molecular complexity index is 794. The Morgan fingerprint density at radius 3 is 3.00 bits per heavy atom. The largest absolute Gasteiger partial charge is 0.461 e. The van der Waals surface area contributed by atoms with Crippen molar-refractivity contribution in [2.45, 2.75) is 6.92 Å². The summed E-state index contributed by atoms with van der Waals surface area (Å²) in [6.45, 7) is 2.08. The van der Waals surface area contributed by atoms with E-state index in [0.717, 1.165) is 10.2 Å².